The van der Waals surface area contributed by atoms with Crippen molar-refractivity contribution >= 4 is 11.7 Å². The zero-order chi connectivity index (χ0) is 13.2. The number of methoxy groups -OCH3 is 1. The summed E-state index contributed by atoms with van der Waals surface area (Å²) < 4.78 is 4.78. The topological polar surface area (TPSA) is 38.3 Å². The lowest BCUT2D eigenvalue weighted by Crippen LogP contribution is -2.20. The van der Waals surface area contributed by atoms with E-state index in [0.29, 0.717) is 6.42 Å². The van der Waals surface area contributed by atoms with Crippen molar-refractivity contribution in [2.45, 2.75) is 12.5 Å². The Labute approximate surface area is 112 Å². The quantitative estimate of drug-likeness (QED) is 0.834. The fourth-order valence-corrected chi connectivity index (χ4v) is 2.57. The van der Waals surface area contributed by atoms with E-state index in [1.165, 1.54) is 18.2 Å². The van der Waals surface area contributed by atoms with E-state index in [9.17, 15) is 4.79 Å². The van der Waals surface area contributed by atoms with Crippen molar-refractivity contribution in [3.05, 3.63) is 54.1 Å². The first-order chi connectivity index (χ1) is 9.29. The summed E-state index contributed by atoms with van der Waals surface area (Å²) >= 11 is 0. The van der Waals surface area contributed by atoms with E-state index in [2.05, 4.69) is 23.5 Å². The number of para-hydroxylation sites is 1. The van der Waals surface area contributed by atoms with Crippen LogP contribution in [0.4, 0.5) is 5.69 Å². The van der Waals surface area contributed by atoms with Crippen LogP contribution in [0.5, 0.6) is 0 Å². The lowest BCUT2D eigenvalue weighted by Gasteiger charge is -2.29. The Balaban J connectivity index is 2.06. The van der Waals surface area contributed by atoms with Crippen molar-refractivity contribution < 1.29 is 9.53 Å². The molecule has 1 atom stereocenters. The molecule has 1 heterocycles. The van der Waals surface area contributed by atoms with Crippen LogP contribution in [-0.2, 0) is 9.53 Å². The van der Waals surface area contributed by atoms with Gasteiger partial charge in [-0.2, -0.15) is 0 Å². The Morgan fingerprint density at radius 2 is 1.79 bits per heavy atom. The molecule has 1 N–H and O–H groups in total. The molecule has 0 aromatic heterocycles. The molecule has 0 saturated carbocycles. The summed E-state index contributed by atoms with van der Waals surface area (Å²) in [4.78, 5) is 11.5. The van der Waals surface area contributed by atoms with Crippen molar-refractivity contribution in [1.29, 1.82) is 0 Å². The van der Waals surface area contributed by atoms with Gasteiger partial charge in [-0.1, -0.05) is 42.5 Å². The van der Waals surface area contributed by atoms with E-state index in [4.69, 9.17) is 4.74 Å². The second-order valence-electron chi connectivity index (χ2n) is 4.61. The minimum absolute atomic E-state index is 0.0291. The number of hydrogen-bond acceptors (Lipinski definition) is 3. The molecule has 0 bridgehead atoms. The highest BCUT2D eigenvalue weighted by molar-refractivity contribution is 5.85. The highest BCUT2D eigenvalue weighted by Gasteiger charge is 2.25. The number of ether oxygens (including phenoxy) is 1. The summed E-state index contributed by atoms with van der Waals surface area (Å²) in [5, 5.41) is 3.42. The van der Waals surface area contributed by atoms with Crippen LogP contribution in [0.15, 0.2) is 48.5 Å². The Kier molecular flexibility index (Phi) is 2.95. The lowest BCUT2D eigenvalue weighted by atomic mass is 9.88. The van der Waals surface area contributed by atoms with Gasteiger partial charge in [-0.3, -0.25) is 4.79 Å². The Morgan fingerprint density at radius 1 is 1.11 bits per heavy atom. The van der Waals surface area contributed by atoms with E-state index < -0.39 is 0 Å². The molecule has 3 nitrogen and oxygen atoms in total. The zero-order valence-electron chi connectivity index (χ0n) is 10.7. The molecule has 0 amide bonds. The molecule has 0 spiro atoms. The first kappa shape index (κ1) is 11.8. The first-order valence-corrected chi connectivity index (χ1v) is 6.31. The molecular weight excluding hydrogens is 238 g/mol. The highest BCUT2D eigenvalue weighted by Crippen LogP contribution is 2.41. The van der Waals surface area contributed by atoms with Crippen LogP contribution in [-0.4, -0.2) is 13.1 Å². The molecule has 96 valence electrons. The highest BCUT2D eigenvalue weighted by atomic mass is 16.5. The van der Waals surface area contributed by atoms with Crippen LogP contribution in [0.2, 0.25) is 0 Å². The van der Waals surface area contributed by atoms with Crippen LogP contribution in [0, 0.1) is 0 Å². The third-order valence-electron chi connectivity index (χ3n) is 3.48. The van der Waals surface area contributed by atoms with Gasteiger partial charge in [0.2, 0.25) is 0 Å². The number of fused-ring (bicyclic) bond motifs is 3. The molecule has 1 aliphatic heterocycles. The maximum atomic E-state index is 11.5. The molecule has 1 unspecified atom stereocenters. The molecule has 0 saturated heterocycles. The predicted octanol–water partition coefficient (Wildman–Crippen LogP) is 3.38. The summed E-state index contributed by atoms with van der Waals surface area (Å²) in [6, 6.07) is 16.3. The third kappa shape index (κ3) is 2.08. The molecule has 3 heteroatoms. The molecule has 19 heavy (non-hydrogen) atoms. The largest absolute Gasteiger partial charge is 0.469 e. The summed E-state index contributed by atoms with van der Waals surface area (Å²) in [6.07, 6.45) is 0.335. The molecular formula is C16H15NO2. The minimum Gasteiger partial charge on any atom is -0.469 e. The number of carbonyl (C=O) groups is 1. The van der Waals surface area contributed by atoms with Gasteiger partial charge in [-0.25, -0.2) is 0 Å². The van der Waals surface area contributed by atoms with Crippen molar-refractivity contribution in [3.8, 4) is 11.1 Å². The van der Waals surface area contributed by atoms with Gasteiger partial charge in [-0.05, 0) is 17.2 Å². The Hall–Kier alpha value is -2.29. The number of carbonyl (C=O) groups excluding carboxylic acids is 1. The second-order valence-corrected chi connectivity index (χ2v) is 4.61. The van der Waals surface area contributed by atoms with Crippen LogP contribution in [0.1, 0.15) is 18.0 Å². The lowest BCUT2D eigenvalue weighted by molar-refractivity contribution is -0.140. The summed E-state index contributed by atoms with van der Waals surface area (Å²) in [5.74, 6) is -0.202. The van der Waals surface area contributed by atoms with Crippen molar-refractivity contribution in [1.82, 2.24) is 0 Å². The van der Waals surface area contributed by atoms with E-state index >= 15 is 0 Å². The Morgan fingerprint density at radius 3 is 2.58 bits per heavy atom. The van der Waals surface area contributed by atoms with Gasteiger partial charge in [0.05, 0.1) is 19.6 Å². The summed E-state index contributed by atoms with van der Waals surface area (Å²) in [7, 11) is 1.42. The number of benzene rings is 2. The van der Waals surface area contributed by atoms with E-state index in [1.54, 1.807) is 0 Å². The minimum atomic E-state index is -0.202. The summed E-state index contributed by atoms with van der Waals surface area (Å²) in [5.41, 5.74) is 4.58. The zero-order valence-corrected chi connectivity index (χ0v) is 10.7. The fraction of sp³-hybridized carbons (Fsp3) is 0.188. The Bertz CT molecular complexity index is 622. The molecule has 3 rings (SSSR count). The van der Waals surface area contributed by atoms with Crippen LogP contribution >= 0.6 is 0 Å². The van der Waals surface area contributed by atoms with Gasteiger partial charge in [0.25, 0.3) is 0 Å². The maximum Gasteiger partial charge on any atom is 0.307 e. The number of anilines is 1. The van der Waals surface area contributed by atoms with E-state index in [0.717, 1.165) is 11.3 Å². The van der Waals surface area contributed by atoms with Gasteiger partial charge in [0.1, 0.15) is 0 Å². The molecule has 2 aromatic rings. The van der Waals surface area contributed by atoms with E-state index in [-0.39, 0.29) is 12.0 Å². The normalized spacial score (nSPS) is 15.9. The fourth-order valence-electron chi connectivity index (χ4n) is 2.57. The van der Waals surface area contributed by atoms with Gasteiger partial charge in [-0.15, -0.1) is 0 Å². The van der Waals surface area contributed by atoms with Crippen LogP contribution < -0.4 is 5.32 Å². The molecule has 0 fully saturated rings. The van der Waals surface area contributed by atoms with Gasteiger partial charge in [0.15, 0.2) is 0 Å². The van der Waals surface area contributed by atoms with Crippen LogP contribution in [0.3, 0.4) is 0 Å². The number of nitrogens with one attached hydrogen (secondary N) is 1. The average Bonchev–Trinajstić information content (AvgIpc) is 2.47. The van der Waals surface area contributed by atoms with E-state index in [1.807, 2.05) is 30.3 Å². The van der Waals surface area contributed by atoms with Gasteiger partial charge < -0.3 is 10.1 Å². The van der Waals surface area contributed by atoms with Gasteiger partial charge >= 0.3 is 5.97 Å². The molecule has 0 radical (unpaired) electrons. The maximum absolute atomic E-state index is 11.5. The van der Waals surface area contributed by atoms with Gasteiger partial charge in [0, 0.05) is 11.3 Å². The third-order valence-corrected chi connectivity index (χ3v) is 3.48. The monoisotopic (exact) mass is 253 g/mol. The second kappa shape index (κ2) is 4.76. The number of hydrogen-bond donors (Lipinski definition) is 1. The standard InChI is InChI=1S/C16H15NO2/c1-19-16(18)10-15-13-8-3-2-6-11(13)12-7-4-5-9-14(12)17-15/h2-9,15,17H,10H2,1H3. The molecule has 2 aromatic carbocycles. The van der Waals surface area contributed by atoms with Crippen molar-refractivity contribution in [3.63, 3.8) is 0 Å². The molecule has 1 aliphatic rings. The number of rotatable bonds is 2. The summed E-state index contributed by atoms with van der Waals surface area (Å²) in [6.45, 7) is 0. The van der Waals surface area contributed by atoms with Crippen molar-refractivity contribution in [2.24, 2.45) is 0 Å². The average molecular weight is 253 g/mol. The van der Waals surface area contributed by atoms with Crippen molar-refractivity contribution in [2.75, 3.05) is 12.4 Å². The SMILES string of the molecule is COC(=O)CC1Nc2ccccc2-c2ccccc21. The number of esters is 1. The predicted molar refractivity (Wildman–Crippen MR) is 74.9 cm³/mol. The van der Waals surface area contributed by atoms with Crippen LogP contribution in [0.25, 0.3) is 11.1 Å². The smallest absolute Gasteiger partial charge is 0.307 e. The first-order valence-electron chi connectivity index (χ1n) is 6.31. The molecule has 0 aliphatic carbocycles.